The summed E-state index contributed by atoms with van der Waals surface area (Å²) in [5.74, 6) is 0.401. The third-order valence-electron chi connectivity index (χ3n) is 3.85. The van der Waals surface area contributed by atoms with Gasteiger partial charge in [0, 0.05) is 22.6 Å². The Morgan fingerprint density at radius 2 is 2.04 bits per heavy atom. The number of carbonyl (C=O) groups is 1. The molecule has 1 amide bonds. The monoisotopic (exact) mass is 320 g/mol. The first kappa shape index (κ1) is 15.6. The number of fused-ring (bicyclic) bond motifs is 1. The van der Waals surface area contributed by atoms with E-state index in [9.17, 15) is 4.79 Å². The van der Waals surface area contributed by atoms with Gasteiger partial charge >= 0.3 is 0 Å². The maximum Gasteiger partial charge on any atom is 0.252 e. The van der Waals surface area contributed by atoms with E-state index in [1.165, 1.54) is 6.33 Å². The van der Waals surface area contributed by atoms with E-state index in [1.54, 1.807) is 16.6 Å². The number of benzene rings is 1. The van der Waals surface area contributed by atoms with Gasteiger partial charge in [-0.2, -0.15) is 15.3 Å². The average Bonchev–Trinajstić information content (AvgIpc) is 3.02. The quantitative estimate of drug-likeness (QED) is 0.793. The Morgan fingerprint density at radius 3 is 2.75 bits per heavy atom. The normalized spacial score (nSPS) is 10.5. The fourth-order valence-corrected chi connectivity index (χ4v) is 2.57. The number of aryl methyl sites for hydroxylation is 2. The lowest BCUT2D eigenvalue weighted by atomic mass is 10.1. The number of nitrogens with one attached hydrogen (secondary N) is 1. The maximum atomic E-state index is 12.3. The van der Waals surface area contributed by atoms with Crippen molar-refractivity contribution in [3.63, 3.8) is 0 Å². The van der Waals surface area contributed by atoms with Crippen molar-refractivity contribution >= 4 is 17.4 Å². The van der Waals surface area contributed by atoms with Crippen molar-refractivity contribution in [3.8, 4) is 6.07 Å². The lowest BCUT2D eigenvalue weighted by Gasteiger charge is -2.11. The second kappa shape index (κ2) is 6.46. The van der Waals surface area contributed by atoms with E-state index in [-0.39, 0.29) is 12.3 Å². The van der Waals surface area contributed by atoms with Crippen molar-refractivity contribution in [1.29, 1.82) is 5.26 Å². The topological polar surface area (TPSA) is 96.0 Å². The van der Waals surface area contributed by atoms with Gasteiger partial charge in [0.25, 0.3) is 5.78 Å². The van der Waals surface area contributed by atoms with Crippen molar-refractivity contribution in [3.05, 3.63) is 53.1 Å². The van der Waals surface area contributed by atoms with Crippen molar-refractivity contribution in [2.75, 3.05) is 5.32 Å². The zero-order valence-electron chi connectivity index (χ0n) is 13.4. The van der Waals surface area contributed by atoms with E-state index >= 15 is 0 Å². The zero-order valence-corrected chi connectivity index (χ0v) is 13.4. The Kier molecular flexibility index (Phi) is 4.20. The lowest BCUT2D eigenvalue weighted by Crippen LogP contribution is -2.17. The van der Waals surface area contributed by atoms with Gasteiger partial charge in [-0.3, -0.25) is 4.79 Å². The fourth-order valence-electron chi connectivity index (χ4n) is 2.57. The first-order valence-electron chi connectivity index (χ1n) is 7.50. The van der Waals surface area contributed by atoms with Gasteiger partial charge in [0.15, 0.2) is 0 Å². The van der Waals surface area contributed by atoms with Crippen molar-refractivity contribution < 1.29 is 4.79 Å². The van der Waals surface area contributed by atoms with Gasteiger partial charge in [0.2, 0.25) is 5.91 Å². The van der Waals surface area contributed by atoms with Crippen LogP contribution in [0.2, 0.25) is 0 Å². The number of hydrogen-bond donors (Lipinski definition) is 1. The second-order valence-electron chi connectivity index (χ2n) is 5.49. The lowest BCUT2D eigenvalue weighted by molar-refractivity contribution is -0.115. The molecular formula is C17H16N6O. The molecule has 3 aromatic rings. The van der Waals surface area contributed by atoms with Gasteiger partial charge < -0.3 is 5.32 Å². The van der Waals surface area contributed by atoms with Crippen molar-refractivity contribution in [2.24, 2.45) is 0 Å². The first-order valence-corrected chi connectivity index (χ1v) is 7.50. The van der Waals surface area contributed by atoms with Crippen LogP contribution >= 0.6 is 0 Å². The summed E-state index contributed by atoms with van der Waals surface area (Å²) in [4.78, 5) is 20.8. The predicted octanol–water partition coefficient (Wildman–Crippen LogP) is 1.99. The average molecular weight is 320 g/mol. The summed E-state index contributed by atoms with van der Waals surface area (Å²) in [5.41, 5.74) is 4.09. The van der Waals surface area contributed by atoms with E-state index in [0.29, 0.717) is 17.9 Å². The molecule has 0 atom stereocenters. The van der Waals surface area contributed by atoms with Crippen LogP contribution in [0.15, 0.2) is 30.6 Å². The smallest absolute Gasteiger partial charge is 0.252 e. The Labute approximate surface area is 139 Å². The molecule has 0 aliphatic carbocycles. The van der Waals surface area contributed by atoms with Gasteiger partial charge in [-0.25, -0.2) is 9.50 Å². The molecule has 0 spiro atoms. The van der Waals surface area contributed by atoms with Crippen molar-refractivity contribution in [2.45, 2.75) is 26.7 Å². The summed E-state index contributed by atoms with van der Waals surface area (Å²) in [6, 6.07) is 9.35. The molecule has 7 heteroatoms. The molecule has 0 radical (unpaired) electrons. The van der Waals surface area contributed by atoms with Crippen LogP contribution in [0.25, 0.3) is 5.78 Å². The largest absolute Gasteiger partial charge is 0.326 e. The highest BCUT2D eigenvalue weighted by molar-refractivity contribution is 5.92. The highest BCUT2D eigenvalue weighted by atomic mass is 16.1. The number of aromatic nitrogens is 4. The van der Waals surface area contributed by atoms with Crippen LogP contribution in [0.1, 0.15) is 22.5 Å². The highest BCUT2D eigenvalue weighted by Crippen LogP contribution is 2.15. The number of nitrogens with zero attached hydrogens (tertiary/aromatic N) is 5. The number of hydrogen-bond acceptors (Lipinski definition) is 5. The molecule has 0 aliphatic rings. The molecule has 7 nitrogen and oxygen atoms in total. The molecule has 2 heterocycles. The summed E-state index contributed by atoms with van der Waals surface area (Å²) >= 11 is 0. The molecule has 0 unspecified atom stereocenters. The molecule has 24 heavy (non-hydrogen) atoms. The van der Waals surface area contributed by atoms with E-state index in [2.05, 4.69) is 26.5 Å². The third kappa shape index (κ3) is 3.08. The van der Waals surface area contributed by atoms with Gasteiger partial charge in [-0.05, 0) is 31.5 Å². The number of anilines is 1. The minimum atomic E-state index is -0.129. The molecule has 0 fully saturated rings. The maximum absolute atomic E-state index is 12.3. The Hall–Kier alpha value is -3.27. The van der Waals surface area contributed by atoms with Crippen LogP contribution in [0, 0.1) is 25.2 Å². The van der Waals surface area contributed by atoms with E-state index in [4.69, 9.17) is 5.26 Å². The minimum Gasteiger partial charge on any atom is -0.326 e. The van der Waals surface area contributed by atoms with Crippen LogP contribution < -0.4 is 5.32 Å². The summed E-state index contributed by atoms with van der Waals surface area (Å²) < 4.78 is 1.63. The number of nitriles is 1. The molecule has 0 aliphatic heterocycles. The molecular weight excluding hydrogens is 304 g/mol. The first-order chi connectivity index (χ1) is 11.6. The summed E-state index contributed by atoms with van der Waals surface area (Å²) in [6.07, 6.45) is 2.01. The number of amides is 1. The molecule has 1 aromatic carbocycles. The standard InChI is InChI=1S/C17H16N6O/c1-11-15(12(2)23-17(21-11)19-10-20-23)9-16(24)22-14-5-3-13(4-6-14)7-8-18/h3-6,10H,7,9H2,1-2H3,(H,22,24). The predicted molar refractivity (Wildman–Crippen MR) is 88.3 cm³/mol. The molecule has 120 valence electrons. The molecule has 1 N–H and O–H groups in total. The second-order valence-corrected chi connectivity index (χ2v) is 5.49. The van der Waals surface area contributed by atoms with Crippen LogP contribution in [0.4, 0.5) is 5.69 Å². The van der Waals surface area contributed by atoms with Gasteiger partial charge in [-0.1, -0.05) is 12.1 Å². The van der Waals surface area contributed by atoms with Crippen LogP contribution in [-0.2, 0) is 17.6 Å². The number of rotatable bonds is 4. The molecule has 3 rings (SSSR count). The van der Waals surface area contributed by atoms with Crippen LogP contribution in [0.5, 0.6) is 0 Å². The SMILES string of the molecule is Cc1nc2ncnn2c(C)c1CC(=O)Nc1ccc(CC#N)cc1. The molecule has 0 saturated heterocycles. The van der Waals surface area contributed by atoms with Gasteiger partial charge in [0.1, 0.15) is 6.33 Å². The zero-order chi connectivity index (χ0) is 17.1. The van der Waals surface area contributed by atoms with E-state index in [1.807, 2.05) is 26.0 Å². The van der Waals surface area contributed by atoms with E-state index < -0.39 is 0 Å². The summed E-state index contributed by atoms with van der Waals surface area (Å²) in [7, 11) is 0. The summed E-state index contributed by atoms with van der Waals surface area (Å²) in [5, 5.41) is 15.7. The Balaban J connectivity index is 1.76. The van der Waals surface area contributed by atoms with Crippen LogP contribution in [-0.4, -0.2) is 25.5 Å². The van der Waals surface area contributed by atoms with Gasteiger partial charge in [0.05, 0.1) is 18.9 Å². The fraction of sp³-hybridized carbons (Fsp3) is 0.235. The van der Waals surface area contributed by atoms with Crippen molar-refractivity contribution in [1.82, 2.24) is 19.6 Å². The third-order valence-corrected chi connectivity index (χ3v) is 3.85. The number of carbonyl (C=O) groups excluding carboxylic acids is 1. The molecule has 2 aromatic heterocycles. The van der Waals surface area contributed by atoms with Crippen LogP contribution in [0.3, 0.4) is 0 Å². The Morgan fingerprint density at radius 1 is 1.29 bits per heavy atom. The Bertz CT molecular complexity index is 936. The molecule has 0 bridgehead atoms. The van der Waals surface area contributed by atoms with E-state index in [0.717, 1.165) is 22.5 Å². The summed E-state index contributed by atoms with van der Waals surface area (Å²) in [6.45, 7) is 3.76. The minimum absolute atomic E-state index is 0.129. The van der Waals surface area contributed by atoms with Gasteiger partial charge in [-0.15, -0.1) is 0 Å². The molecule has 0 saturated carbocycles. The highest BCUT2D eigenvalue weighted by Gasteiger charge is 2.14.